The Morgan fingerprint density at radius 2 is 2.18 bits per heavy atom. The zero-order valence-electron chi connectivity index (χ0n) is 9.82. The first kappa shape index (κ1) is 11.3. The van der Waals surface area contributed by atoms with E-state index in [9.17, 15) is 4.79 Å². The number of hydrogen-bond donors (Lipinski definition) is 2. The molecule has 0 aliphatic heterocycles. The summed E-state index contributed by atoms with van der Waals surface area (Å²) >= 11 is 0. The van der Waals surface area contributed by atoms with E-state index in [1.165, 1.54) is 6.92 Å². The molecule has 2 aromatic rings. The van der Waals surface area contributed by atoms with Crippen LogP contribution in [0.4, 0.5) is 11.5 Å². The number of hydrogen-bond acceptors (Lipinski definition) is 4. The second-order valence-corrected chi connectivity index (χ2v) is 3.79. The van der Waals surface area contributed by atoms with E-state index in [2.05, 4.69) is 15.3 Å². The van der Waals surface area contributed by atoms with Gasteiger partial charge in [-0.1, -0.05) is 6.92 Å². The van der Waals surface area contributed by atoms with E-state index in [1.54, 1.807) is 12.1 Å². The summed E-state index contributed by atoms with van der Waals surface area (Å²) in [6.45, 7) is 3.44. The van der Waals surface area contributed by atoms with Gasteiger partial charge in [-0.3, -0.25) is 4.79 Å². The van der Waals surface area contributed by atoms with Gasteiger partial charge in [0.15, 0.2) is 0 Å². The van der Waals surface area contributed by atoms with Gasteiger partial charge in [0.05, 0.1) is 5.52 Å². The number of fused-ring (bicyclic) bond motifs is 1. The van der Waals surface area contributed by atoms with Crippen LogP contribution < -0.4 is 11.1 Å². The zero-order chi connectivity index (χ0) is 12.4. The maximum absolute atomic E-state index is 11.0. The number of aromatic nitrogens is 2. The highest BCUT2D eigenvalue weighted by Gasteiger charge is 2.05. The number of anilines is 2. The van der Waals surface area contributed by atoms with Crippen LogP contribution in [0.1, 0.15) is 19.7 Å². The average molecular weight is 230 g/mol. The number of rotatable bonds is 2. The highest BCUT2D eigenvalue weighted by Crippen LogP contribution is 2.22. The van der Waals surface area contributed by atoms with Crippen molar-refractivity contribution in [3.63, 3.8) is 0 Å². The number of nitrogens with two attached hydrogens (primary N) is 1. The molecular weight excluding hydrogens is 216 g/mol. The third-order valence-electron chi connectivity index (χ3n) is 2.41. The predicted octanol–water partition coefficient (Wildman–Crippen LogP) is 1.73. The van der Waals surface area contributed by atoms with E-state index >= 15 is 0 Å². The molecule has 88 valence electrons. The van der Waals surface area contributed by atoms with Crippen molar-refractivity contribution < 1.29 is 4.79 Å². The van der Waals surface area contributed by atoms with Gasteiger partial charge in [0.1, 0.15) is 11.6 Å². The standard InChI is InChI=1S/C12H14N4O/c1-3-11-15-10-5-4-8(14-7(2)17)6-9(10)12(13)16-11/h4-6H,3H2,1-2H3,(H,14,17)(H2,13,15,16). The number of carbonyl (C=O) groups excluding carboxylic acids is 1. The Kier molecular flexibility index (Phi) is 2.91. The number of benzene rings is 1. The quantitative estimate of drug-likeness (QED) is 0.823. The third-order valence-corrected chi connectivity index (χ3v) is 2.41. The first-order valence-electron chi connectivity index (χ1n) is 5.44. The number of nitrogens with one attached hydrogen (secondary N) is 1. The molecule has 0 saturated heterocycles. The molecule has 0 atom stereocenters. The summed E-state index contributed by atoms with van der Waals surface area (Å²) < 4.78 is 0. The molecule has 17 heavy (non-hydrogen) atoms. The van der Waals surface area contributed by atoms with Gasteiger partial charge in [-0.25, -0.2) is 9.97 Å². The minimum absolute atomic E-state index is 0.117. The van der Waals surface area contributed by atoms with Crippen LogP contribution in [-0.2, 0) is 11.2 Å². The summed E-state index contributed by atoms with van der Waals surface area (Å²) in [7, 11) is 0. The molecule has 5 nitrogen and oxygen atoms in total. The Morgan fingerprint density at radius 1 is 1.41 bits per heavy atom. The Bertz CT molecular complexity index is 580. The summed E-state index contributed by atoms with van der Waals surface area (Å²) in [5, 5.41) is 3.46. The molecular formula is C12H14N4O. The minimum atomic E-state index is -0.117. The van der Waals surface area contributed by atoms with E-state index < -0.39 is 0 Å². The molecule has 0 aliphatic carbocycles. The van der Waals surface area contributed by atoms with Crippen LogP contribution in [0, 0.1) is 0 Å². The number of nitrogens with zero attached hydrogens (tertiary/aromatic N) is 2. The van der Waals surface area contributed by atoms with Crippen LogP contribution >= 0.6 is 0 Å². The fraction of sp³-hybridized carbons (Fsp3) is 0.250. The van der Waals surface area contributed by atoms with Crippen LogP contribution in [0.15, 0.2) is 18.2 Å². The predicted molar refractivity (Wildman–Crippen MR) is 67.6 cm³/mol. The Labute approximate surface area is 99.1 Å². The SMILES string of the molecule is CCc1nc(N)c2cc(NC(C)=O)ccc2n1. The van der Waals surface area contributed by atoms with Gasteiger partial charge in [0, 0.05) is 24.4 Å². The largest absolute Gasteiger partial charge is 0.383 e. The van der Waals surface area contributed by atoms with E-state index in [0.29, 0.717) is 11.5 Å². The van der Waals surface area contributed by atoms with Crippen LogP contribution in [-0.4, -0.2) is 15.9 Å². The molecule has 1 aromatic heterocycles. The monoisotopic (exact) mass is 230 g/mol. The second-order valence-electron chi connectivity index (χ2n) is 3.79. The molecule has 5 heteroatoms. The van der Waals surface area contributed by atoms with E-state index in [-0.39, 0.29) is 5.91 Å². The first-order chi connectivity index (χ1) is 8.10. The molecule has 0 saturated carbocycles. The number of carbonyl (C=O) groups is 1. The van der Waals surface area contributed by atoms with E-state index in [1.807, 2.05) is 13.0 Å². The Morgan fingerprint density at radius 3 is 2.82 bits per heavy atom. The Hall–Kier alpha value is -2.17. The summed E-state index contributed by atoms with van der Waals surface area (Å²) in [6.07, 6.45) is 0.744. The zero-order valence-corrected chi connectivity index (χ0v) is 9.82. The molecule has 1 aromatic carbocycles. The highest BCUT2D eigenvalue weighted by molar-refractivity contribution is 5.95. The third kappa shape index (κ3) is 2.33. The van der Waals surface area contributed by atoms with E-state index in [4.69, 9.17) is 5.73 Å². The van der Waals surface area contributed by atoms with Crippen molar-refractivity contribution in [2.75, 3.05) is 11.1 Å². The molecule has 1 heterocycles. The van der Waals surface area contributed by atoms with Crippen molar-refractivity contribution in [3.05, 3.63) is 24.0 Å². The van der Waals surface area contributed by atoms with Crippen LogP contribution in [0.5, 0.6) is 0 Å². The minimum Gasteiger partial charge on any atom is -0.383 e. The lowest BCUT2D eigenvalue weighted by Crippen LogP contribution is -2.06. The molecule has 0 radical (unpaired) electrons. The summed E-state index contributed by atoms with van der Waals surface area (Å²) in [5.74, 6) is 1.05. The smallest absolute Gasteiger partial charge is 0.221 e. The van der Waals surface area contributed by atoms with Crippen molar-refractivity contribution in [1.29, 1.82) is 0 Å². The van der Waals surface area contributed by atoms with Gasteiger partial charge in [-0.05, 0) is 18.2 Å². The van der Waals surface area contributed by atoms with Gasteiger partial charge in [-0.2, -0.15) is 0 Å². The van der Waals surface area contributed by atoms with Crippen molar-refractivity contribution >= 4 is 28.3 Å². The topological polar surface area (TPSA) is 80.9 Å². The molecule has 1 amide bonds. The summed E-state index contributed by atoms with van der Waals surface area (Å²) in [4.78, 5) is 19.5. The Balaban J connectivity index is 2.54. The normalized spacial score (nSPS) is 10.5. The van der Waals surface area contributed by atoms with Gasteiger partial charge >= 0.3 is 0 Å². The van der Waals surface area contributed by atoms with E-state index in [0.717, 1.165) is 23.1 Å². The van der Waals surface area contributed by atoms with Crippen molar-refractivity contribution in [3.8, 4) is 0 Å². The lowest BCUT2D eigenvalue weighted by atomic mass is 10.2. The molecule has 0 spiro atoms. The maximum Gasteiger partial charge on any atom is 0.221 e. The molecule has 3 N–H and O–H groups in total. The van der Waals surface area contributed by atoms with Gasteiger partial charge < -0.3 is 11.1 Å². The van der Waals surface area contributed by atoms with Crippen molar-refractivity contribution in [2.45, 2.75) is 20.3 Å². The fourth-order valence-corrected chi connectivity index (χ4v) is 1.64. The van der Waals surface area contributed by atoms with Crippen LogP contribution in [0.2, 0.25) is 0 Å². The van der Waals surface area contributed by atoms with Crippen molar-refractivity contribution in [1.82, 2.24) is 9.97 Å². The number of amides is 1. The van der Waals surface area contributed by atoms with Gasteiger partial charge in [-0.15, -0.1) is 0 Å². The molecule has 0 aliphatic rings. The van der Waals surface area contributed by atoms with Crippen LogP contribution in [0.25, 0.3) is 10.9 Å². The maximum atomic E-state index is 11.0. The fourth-order valence-electron chi connectivity index (χ4n) is 1.64. The molecule has 0 bridgehead atoms. The molecule has 0 fully saturated rings. The summed E-state index contributed by atoms with van der Waals surface area (Å²) in [6, 6.07) is 5.42. The van der Waals surface area contributed by atoms with Crippen LogP contribution in [0.3, 0.4) is 0 Å². The lowest BCUT2D eigenvalue weighted by Gasteiger charge is -2.06. The number of nitrogen functional groups attached to an aromatic ring is 1. The summed E-state index contributed by atoms with van der Waals surface area (Å²) in [5.41, 5.74) is 7.36. The first-order valence-corrected chi connectivity index (χ1v) is 5.44. The van der Waals surface area contributed by atoms with Gasteiger partial charge in [0.2, 0.25) is 5.91 Å². The van der Waals surface area contributed by atoms with Gasteiger partial charge in [0.25, 0.3) is 0 Å². The lowest BCUT2D eigenvalue weighted by molar-refractivity contribution is -0.114. The van der Waals surface area contributed by atoms with Crippen molar-refractivity contribution in [2.24, 2.45) is 0 Å². The number of aryl methyl sites for hydroxylation is 1. The highest BCUT2D eigenvalue weighted by atomic mass is 16.1. The second kappa shape index (κ2) is 4.37. The molecule has 0 unspecified atom stereocenters. The average Bonchev–Trinajstić information content (AvgIpc) is 2.29. The molecule has 2 rings (SSSR count).